The van der Waals surface area contributed by atoms with E-state index in [0.717, 1.165) is 48.2 Å². The zero-order chi connectivity index (χ0) is 29.4. The van der Waals surface area contributed by atoms with Gasteiger partial charge in [0.1, 0.15) is 5.76 Å². The van der Waals surface area contributed by atoms with Gasteiger partial charge < -0.3 is 4.84 Å². The highest BCUT2D eigenvalue weighted by Gasteiger charge is 2.26. The Morgan fingerprint density at radius 2 is 1.77 bits per heavy atom. The fraction of sp³-hybridized carbons (Fsp3) is 0.514. The summed E-state index contributed by atoms with van der Waals surface area (Å²) in [5.41, 5.74) is 12.2. The molecule has 0 spiro atoms. The number of rotatable bonds is 16. The molecule has 0 saturated heterocycles. The van der Waals surface area contributed by atoms with Crippen molar-refractivity contribution in [3.05, 3.63) is 106 Å². The Morgan fingerprint density at radius 1 is 1.05 bits per heavy atom. The predicted octanol–water partition coefficient (Wildman–Crippen LogP) is 11.4. The molecule has 2 heteroatoms. The Morgan fingerprint density at radius 3 is 2.31 bits per heavy atom. The van der Waals surface area contributed by atoms with E-state index >= 15 is 0 Å². The molecule has 0 radical (unpaired) electrons. The van der Waals surface area contributed by atoms with Crippen LogP contribution in [0.2, 0.25) is 0 Å². The van der Waals surface area contributed by atoms with Crippen LogP contribution in [0.3, 0.4) is 0 Å². The zero-order valence-corrected chi connectivity index (χ0v) is 26.8. The van der Waals surface area contributed by atoms with Crippen LogP contribution in [0.5, 0.6) is 0 Å². The van der Waals surface area contributed by atoms with Crippen molar-refractivity contribution in [3.63, 3.8) is 0 Å². The maximum atomic E-state index is 5.65. The van der Waals surface area contributed by atoms with Crippen molar-refractivity contribution < 1.29 is 4.84 Å². The fourth-order valence-corrected chi connectivity index (χ4v) is 5.69. The van der Waals surface area contributed by atoms with Gasteiger partial charge in [0, 0.05) is 17.7 Å². The van der Waals surface area contributed by atoms with Gasteiger partial charge in [0.05, 0.1) is 0 Å². The Bertz CT molecular complexity index is 1040. The molecule has 0 aromatic heterocycles. The van der Waals surface area contributed by atoms with Crippen LogP contribution in [0.4, 0.5) is 0 Å². The van der Waals surface area contributed by atoms with E-state index in [1.165, 1.54) is 24.0 Å². The van der Waals surface area contributed by atoms with Gasteiger partial charge >= 0.3 is 0 Å². The molecule has 1 aliphatic heterocycles. The minimum absolute atomic E-state index is 0.439. The van der Waals surface area contributed by atoms with Gasteiger partial charge in [-0.3, -0.25) is 0 Å². The summed E-state index contributed by atoms with van der Waals surface area (Å²) in [6.45, 7) is 26.7. The highest BCUT2D eigenvalue weighted by atomic mass is 16.6. The molecule has 1 rings (SSSR count). The molecular weight excluding hydrogens is 474 g/mol. The van der Waals surface area contributed by atoms with Crippen molar-refractivity contribution >= 4 is 0 Å². The standard InChI is InChI=1S/C37H57NO/c1-12-18-19-20-21-22-27(7)23-32(14-3)25-35(33(15-4)16-5)36(28(8)13-2)29(9)24-34(17-6)37-30(10)26-38-39-31(37)11/h15,17-22,24,26,28,32,35,38H,6,12-14,16,23,25H2,1-5,7-11H3/b19-18-,21-20-,27-22+,33-15+,34-24+,36-29+. The third-order valence-corrected chi connectivity index (χ3v) is 8.05. The van der Waals surface area contributed by atoms with E-state index < -0.39 is 0 Å². The summed E-state index contributed by atoms with van der Waals surface area (Å²) < 4.78 is 0. The summed E-state index contributed by atoms with van der Waals surface area (Å²) in [7, 11) is 0. The van der Waals surface area contributed by atoms with Crippen LogP contribution < -0.4 is 5.48 Å². The SMILES string of the molecule is C=C/C(=C\C(C)=C(/C(C)CC)C(CC(CC)C/C(C)=C/C=C\C=C/CC)/C(=C/C)CC)C1=C(C)ONC=C1C. The molecule has 0 saturated carbocycles. The van der Waals surface area contributed by atoms with Crippen LogP contribution in [0.15, 0.2) is 106 Å². The number of nitrogens with one attached hydrogen (secondary N) is 1. The number of hydroxylamine groups is 1. The van der Waals surface area contributed by atoms with Gasteiger partial charge in [-0.05, 0) is 89.7 Å². The minimum atomic E-state index is 0.439. The summed E-state index contributed by atoms with van der Waals surface area (Å²) in [5, 5.41) is 0. The van der Waals surface area contributed by atoms with E-state index in [1.54, 1.807) is 11.1 Å². The number of allylic oxidation sites excluding steroid dienone is 16. The highest BCUT2D eigenvalue weighted by Crippen LogP contribution is 2.40. The lowest BCUT2D eigenvalue weighted by Gasteiger charge is -2.32. The second-order valence-electron chi connectivity index (χ2n) is 10.9. The first-order valence-corrected chi connectivity index (χ1v) is 15.2. The molecule has 0 amide bonds. The summed E-state index contributed by atoms with van der Waals surface area (Å²) in [5.74, 6) is 2.45. The molecule has 0 aromatic carbocycles. The normalized spacial score (nSPS) is 18.5. The first-order valence-electron chi connectivity index (χ1n) is 15.2. The second kappa shape index (κ2) is 18.5. The van der Waals surface area contributed by atoms with E-state index in [9.17, 15) is 0 Å². The lowest BCUT2D eigenvalue weighted by atomic mass is 9.73. The second-order valence-corrected chi connectivity index (χ2v) is 10.9. The first-order chi connectivity index (χ1) is 18.7. The third kappa shape index (κ3) is 10.7. The summed E-state index contributed by atoms with van der Waals surface area (Å²) in [6.07, 6.45) is 26.3. The molecular formula is C37H57NO. The first kappa shape index (κ1) is 34.3. The summed E-state index contributed by atoms with van der Waals surface area (Å²) in [6, 6.07) is 0. The van der Waals surface area contributed by atoms with E-state index in [0.29, 0.717) is 17.8 Å². The van der Waals surface area contributed by atoms with Crippen molar-refractivity contribution in [2.24, 2.45) is 17.8 Å². The van der Waals surface area contributed by atoms with Crippen molar-refractivity contribution in [2.45, 2.75) is 108 Å². The van der Waals surface area contributed by atoms with Crippen LogP contribution in [0.25, 0.3) is 0 Å². The van der Waals surface area contributed by atoms with Gasteiger partial charge in [-0.25, -0.2) is 5.48 Å². The summed E-state index contributed by atoms with van der Waals surface area (Å²) in [4.78, 5) is 5.65. The Balaban J connectivity index is 3.57. The van der Waals surface area contributed by atoms with Crippen LogP contribution >= 0.6 is 0 Å². The fourth-order valence-electron chi connectivity index (χ4n) is 5.69. The molecule has 39 heavy (non-hydrogen) atoms. The molecule has 1 heterocycles. The number of hydrogen-bond donors (Lipinski definition) is 1. The van der Waals surface area contributed by atoms with Crippen molar-refractivity contribution in [1.29, 1.82) is 0 Å². The van der Waals surface area contributed by atoms with Crippen LogP contribution in [-0.4, -0.2) is 0 Å². The molecule has 0 aromatic rings. The summed E-state index contributed by atoms with van der Waals surface area (Å²) >= 11 is 0. The topological polar surface area (TPSA) is 21.3 Å². The van der Waals surface area contributed by atoms with Gasteiger partial charge in [0.25, 0.3) is 0 Å². The zero-order valence-electron chi connectivity index (χ0n) is 26.8. The quantitative estimate of drug-likeness (QED) is 0.158. The van der Waals surface area contributed by atoms with Gasteiger partial charge in [0.15, 0.2) is 0 Å². The highest BCUT2D eigenvalue weighted by molar-refractivity contribution is 5.55. The van der Waals surface area contributed by atoms with Gasteiger partial charge in [-0.15, -0.1) is 0 Å². The van der Waals surface area contributed by atoms with Gasteiger partial charge in [0.2, 0.25) is 0 Å². The van der Waals surface area contributed by atoms with Crippen LogP contribution in [0, 0.1) is 17.8 Å². The smallest absolute Gasteiger partial charge is 0.137 e. The minimum Gasteiger partial charge on any atom is -0.387 e. The molecule has 0 fully saturated rings. The Hall–Kier alpha value is -2.74. The average molecular weight is 532 g/mol. The van der Waals surface area contributed by atoms with Gasteiger partial charge in [-0.1, -0.05) is 119 Å². The Labute approximate surface area is 241 Å². The Kier molecular flexibility index (Phi) is 16.3. The maximum Gasteiger partial charge on any atom is 0.137 e. The molecule has 0 aliphatic carbocycles. The molecule has 3 atom stereocenters. The van der Waals surface area contributed by atoms with E-state index in [2.05, 4.69) is 117 Å². The molecule has 1 N–H and O–H groups in total. The van der Waals surface area contributed by atoms with Crippen molar-refractivity contribution in [2.75, 3.05) is 0 Å². The molecule has 1 aliphatic rings. The molecule has 2 nitrogen and oxygen atoms in total. The predicted molar refractivity (Wildman–Crippen MR) is 174 cm³/mol. The van der Waals surface area contributed by atoms with Crippen LogP contribution in [-0.2, 0) is 4.84 Å². The average Bonchev–Trinajstić information content (AvgIpc) is 2.92. The molecule has 3 unspecified atom stereocenters. The van der Waals surface area contributed by atoms with Crippen molar-refractivity contribution in [1.82, 2.24) is 5.48 Å². The molecule has 0 bridgehead atoms. The van der Waals surface area contributed by atoms with E-state index in [-0.39, 0.29) is 0 Å². The van der Waals surface area contributed by atoms with E-state index in [4.69, 9.17) is 4.84 Å². The molecule has 216 valence electrons. The lowest BCUT2D eigenvalue weighted by molar-refractivity contribution is 0.136. The van der Waals surface area contributed by atoms with Crippen LogP contribution in [0.1, 0.15) is 108 Å². The third-order valence-electron chi connectivity index (χ3n) is 8.05. The largest absolute Gasteiger partial charge is 0.387 e. The lowest BCUT2D eigenvalue weighted by Crippen LogP contribution is -2.19. The number of hydrogen-bond acceptors (Lipinski definition) is 2. The maximum absolute atomic E-state index is 5.65. The van der Waals surface area contributed by atoms with E-state index in [1.807, 2.05) is 19.2 Å². The monoisotopic (exact) mass is 531 g/mol. The van der Waals surface area contributed by atoms with Crippen molar-refractivity contribution in [3.8, 4) is 0 Å². The van der Waals surface area contributed by atoms with Gasteiger partial charge in [-0.2, -0.15) is 0 Å².